The monoisotopic (exact) mass is 393 g/mol. The van der Waals surface area contributed by atoms with Crippen LogP contribution in [0.25, 0.3) is 0 Å². The molecule has 1 saturated heterocycles. The summed E-state index contributed by atoms with van der Waals surface area (Å²) in [5, 5.41) is 3.37. The van der Waals surface area contributed by atoms with E-state index >= 15 is 0 Å². The Bertz CT molecular complexity index is 717. The van der Waals surface area contributed by atoms with Crippen molar-refractivity contribution < 1.29 is 4.79 Å². The largest absolute Gasteiger partial charge is 0.356 e. The SMILES string of the molecule is O=C(Nc1ccc(Br)cc1Cl)c1cccnc1N1CCCCC1. The number of nitrogens with one attached hydrogen (secondary N) is 1. The summed E-state index contributed by atoms with van der Waals surface area (Å²) in [5.74, 6) is 0.556. The summed E-state index contributed by atoms with van der Waals surface area (Å²) in [6, 6.07) is 8.97. The van der Waals surface area contributed by atoms with E-state index in [9.17, 15) is 4.79 Å². The quantitative estimate of drug-likeness (QED) is 0.818. The first kappa shape index (κ1) is 16.3. The molecule has 2 heterocycles. The Labute approximate surface area is 149 Å². The third kappa shape index (κ3) is 3.85. The molecule has 0 spiro atoms. The molecule has 1 fully saturated rings. The van der Waals surface area contributed by atoms with Crippen molar-refractivity contribution in [1.29, 1.82) is 0 Å². The minimum absolute atomic E-state index is 0.192. The molecular formula is C17H17BrClN3O. The summed E-state index contributed by atoms with van der Waals surface area (Å²) < 4.78 is 0.871. The van der Waals surface area contributed by atoms with Gasteiger partial charge in [0.05, 0.1) is 16.3 Å². The zero-order valence-corrected chi connectivity index (χ0v) is 14.9. The van der Waals surface area contributed by atoms with Crippen LogP contribution in [0.3, 0.4) is 0 Å². The Morgan fingerprint density at radius 3 is 2.74 bits per heavy atom. The van der Waals surface area contributed by atoms with Crippen LogP contribution in [0.4, 0.5) is 11.5 Å². The number of piperidine rings is 1. The van der Waals surface area contributed by atoms with Crippen LogP contribution in [0.15, 0.2) is 41.0 Å². The van der Waals surface area contributed by atoms with Crippen molar-refractivity contribution in [3.63, 3.8) is 0 Å². The van der Waals surface area contributed by atoms with E-state index in [1.54, 1.807) is 30.5 Å². The molecule has 1 N–H and O–H groups in total. The van der Waals surface area contributed by atoms with Crippen LogP contribution in [-0.4, -0.2) is 24.0 Å². The van der Waals surface area contributed by atoms with Crippen LogP contribution in [0.5, 0.6) is 0 Å². The van der Waals surface area contributed by atoms with Crippen molar-refractivity contribution in [2.24, 2.45) is 0 Å². The lowest BCUT2D eigenvalue weighted by atomic mass is 10.1. The van der Waals surface area contributed by atoms with Crippen LogP contribution in [0.1, 0.15) is 29.6 Å². The van der Waals surface area contributed by atoms with Crippen LogP contribution in [0, 0.1) is 0 Å². The van der Waals surface area contributed by atoms with Gasteiger partial charge < -0.3 is 10.2 Å². The van der Waals surface area contributed by atoms with Gasteiger partial charge in [-0.3, -0.25) is 4.79 Å². The Morgan fingerprint density at radius 1 is 1.22 bits per heavy atom. The van der Waals surface area contributed by atoms with Gasteiger partial charge >= 0.3 is 0 Å². The summed E-state index contributed by atoms with van der Waals surface area (Å²) in [6.07, 6.45) is 5.24. The summed E-state index contributed by atoms with van der Waals surface area (Å²) in [5.41, 5.74) is 1.17. The van der Waals surface area contributed by atoms with Gasteiger partial charge in [0, 0.05) is 23.8 Å². The number of hydrogen-bond donors (Lipinski definition) is 1. The van der Waals surface area contributed by atoms with E-state index in [1.165, 1.54) is 6.42 Å². The van der Waals surface area contributed by atoms with Gasteiger partial charge in [-0.15, -0.1) is 0 Å². The number of halogens is 2. The zero-order chi connectivity index (χ0) is 16.2. The molecule has 1 aromatic carbocycles. The standard InChI is InChI=1S/C17H17BrClN3O/c18-12-6-7-15(14(19)11-12)21-17(23)13-5-4-8-20-16(13)22-9-2-1-3-10-22/h4-8,11H,1-3,9-10H2,(H,21,23). The number of hydrogen-bond acceptors (Lipinski definition) is 3. The van der Waals surface area contributed by atoms with E-state index < -0.39 is 0 Å². The number of carbonyl (C=O) groups excluding carboxylic acids is 1. The molecule has 4 nitrogen and oxygen atoms in total. The molecule has 0 aliphatic carbocycles. The highest BCUT2D eigenvalue weighted by Crippen LogP contribution is 2.27. The molecule has 2 aromatic rings. The molecule has 0 radical (unpaired) electrons. The second-order valence-electron chi connectivity index (χ2n) is 5.50. The molecular weight excluding hydrogens is 378 g/mol. The van der Waals surface area contributed by atoms with Gasteiger partial charge in [0.2, 0.25) is 0 Å². The molecule has 1 aliphatic heterocycles. The summed E-state index contributed by atoms with van der Waals surface area (Å²) >= 11 is 9.54. The first-order chi connectivity index (χ1) is 11.1. The first-order valence-corrected chi connectivity index (χ1v) is 8.78. The molecule has 1 aromatic heterocycles. The average molecular weight is 395 g/mol. The third-order valence-corrected chi connectivity index (χ3v) is 4.67. The second kappa shape index (κ2) is 7.32. The Hall–Kier alpha value is -1.59. The Balaban J connectivity index is 1.84. The highest BCUT2D eigenvalue weighted by Gasteiger charge is 2.20. The smallest absolute Gasteiger partial charge is 0.259 e. The van der Waals surface area contributed by atoms with Crippen LogP contribution < -0.4 is 10.2 Å². The lowest BCUT2D eigenvalue weighted by molar-refractivity contribution is 0.102. The molecule has 0 unspecified atom stereocenters. The minimum atomic E-state index is -0.192. The number of carbonyl (C=O) groups is 1. The van der Waals surface area contributed by atoms with Crippen molar-refractivity contribution in [1.82, 2.24) is 4.98 Å². The number of amides is 1. The van der Waals surface area contributed by atoms with Gasteiger partial charge in [-0.05, 0) is 49.6 Å². The fourth-order valence-electron chi connectivity index (χ4n) is 2.71. The van der Waals surface area contributed by atoms with E-state index in [1.807, 2.05) is 6.07 Å². The second-order valence-corrected chi connectivity index (χ2v) is 6.82. The topological polar surface area (TPSA) is 45.2 Å². The van der Waals surface area contributed by atoms with Crippen LogP contribution >= 0.6 is 27.5 Å². The molecule has 0 saturated carbocycles. The van der Waals surface area contributed by atoms with E-state index in [4.69, 9.17) is 11.6 Å². The van der Waals surface area contributed by atoms with Crippen molar-refractivity contribution in [2.75, 3.05) is 23.3 Å². The molecule has 0 atom stereocenters. The maximum Gasteiger partial charge on any atom is 0.259 e. The van der Waals surface area contributed by atoms with E-state index in [-0.39, 0.29) is 5.91 Å². The van der Waals surface area contributed by atoms with Gasteiger partial charge in [0.15, 0.2) is 0 Å². The third-order valence-electron chi connectivity index (χ3n) is 3.87. The van der Waals surface area contributed by atoms with Crippen molar-refractivity contribution >= 4 is 44.9 Å². The summed E-state index contributed by atoms with van der Waals surface area (Å²) in [4.78, 5) is 19.3. The van der Waals surface area contributed by atoms with Crippen LogP contribution in [-0.2, 0) is 0 Å². The molecule has 0 bridgehead atoms. The maximum atomic E-state index is 12.7. The number of rotatable bonds is 3. The number of benzene rings is 1. The van der Waals surface area contributed by atoms with Gasteiger partial charge in [-0.2, -0.15) is 0 Å². The van der Waals surface area contributed by atoms with Gasteiger partial charge in [0.25, 0.3) is 5.91 Å². The predicted molar refractivity (Wildman–Crippen MR) is 97.4 cm³/mol. The summed E-state index contributed by atoms with van der Waals surface area (Å²) in [7, 11) is 0. The van der Waals surface area contributed by atoms with Crippen molar-refractivity contribution in [3.8, 4) is 0 Å². The van der Waals surface area contributed by atoms with Crippen LogP contribution in [0.2, 0.25) is 5.02 Å². The molecule has 120 valence electrons. The lowest BCUT2D eigenvalue weighted by Crippen LogP contribution is -2.32. The fourth-order valence-corrected chi connectivity index (χ4v) is 3.43. The lowest BCUT2D eigenvalue weighted by Gasteiger charge is -2.29. The first-order valence-electron chi connectivity index (χ1n) is 7.61. The Kier molecular flexibility index (Phi) is 5.18. The minimum Gasteiger partial charge on any atom is -0.356 e. The molecule has 23 heavy (non-hydrogen) atoms. The highest BCUT2D eigenvalue weighted by atomic mass is 79.9. The fraction of sp³-hybridized carbons (Fsp3) is 0.294. The zero-order valence-electron chi connectivity index (χ0n) is 12.6. The molecule has 1 aliphatic rings. The Morgan fingerprint density at radius 2 is 2.00 bits per heavy atom. The molecule has 6 heteroatoms. The molecule has 1 amide bonds. The molecule has 3 rings (SSSR count). The van der Waals surface area contributed by atoms with Gasteiger partial charge in [0.1, 0.15) is 5.82 Å². The maximum absolute atomic E-state index is 12.7. The summed E-state index contributed by atoms with van der Waals surface area (Å²) in [6.45, 7) is 1.88. The van der Waals surface area contributed by atoms with E-state index in [0.29, 0.717) is 16.3 Å². The number of anilines is 2. The van der Waals surface area contributed by atoms with Gasteiger partial charge in [-0.25, -0.2) is 4.98 Å². The predicted octanol–water partition coefficient (Wildman–Crippen LogP) is 4.74. The highest BCUT2D eigenvalue weighted by molar-refractivity contribution is 9.10. The number of aromatic nitrogens is 1. The normalized spacial score (nSPS) is 14.6. The van der Waals surface area contributed by atoms with Crippen molar-refractivity contribution in [3.05, 3.63) is 51.6 Å². The van der Waals surface area contributed by atoms with E-state index in [0.717, 1.165) is 36.2 Å². The number of nitrogens with zero attached hydrogens (tertiary/aromatic N) is 2. The van der Waals surface area contributed by atoms with Gasteiger partial charge in [-0.1, -0.05) is 27.5 Å². The number of pyridine rings is 1. The van der Waals surface area contributed by atoms with E-state index in [2.05, 4.69) is 31.1 Å². The van der Waals surface area contributed by atoms with Crippen molar-refractivity contribution in [2.45, 2.75) is 19.3 Å². The average Bonchev–Trinajstić information content (AvgIpc) is 2.58.